The minimum absolute atomic E-state index is 0.233. The summed E-state index contributed by atoms with van der Waals surface area (Å²) in [6.07, 6.45) is 3.38. The zero-order chi connectivity index (χ0) is 13.7. The molecule has 3 N–H and O–H groups in total. The van der Waals surface area contributed by atoms with Crippen molar-refractivity contribution in [2.24, 2.45) is 5.92 Å². The molecule has 106 valence electrons. The monoisotopic (exact) mass is 266 g/mol. The van der Waals surface area contributed by atoms with Crippen LogP contribution in [0.15, 0.2) is 12.3 Å². The number of amides is 1. The number of nitrogens with zero attached hydrogens (tertiary/aromatic N) is 2. The van der Waals surface area contributed by atoms with Gasteiger partial charge in [0.2, 0.25) is 0 Å². The zero-order valence-electron chi connectivity index (χ0n) is 11.3. The third-order valence-corrected chi connectivity index (χ3v) is 3.59. The minimum atomic E-state index is -0.528. The highest BCUT2D eigenvalue weighted by molar-refractivity contribution is 5.92. The highest BCUT2D eigenvalue weighted by Gasteiger charge is 2.18. The second-order valence-electron chi connectivity index (χ2n) is 5.32. The summed E-state index contributed by atoms with van der Waals surface area (Å²) >= 11 is 0. The number of aromatic nitrogens is 2. The van der Waals surface area contributed by atoms with Crippen LogP contribution in [-0.4, -0.2) is 58.4 Å². The first-order valence-electron chi connectivity index (χ1n) is 6.83. The fourth-order valence-corrected chi connectivity index (χ4v) is 2.30. The van der Waals surface area contributed by atoms with E-state index in [4.69, 9.17) is 0 Å². The van der Waals surface area contributed by atoms with Crippen LogP contribution < -0.4 is 5.32 Å². The Morgan fingerprint density at radius 1 is 1.63 bits per heavy atom. The van der Waals surface area contributed by atoms with Crippen molar-refractivity contribution >= 4 is 5.91 Å². The van der Waals surface area contributed by atoms with E-state index in [0.717, 1.165) is 19.0 Å². The predicted octanol–water partition coefficient (Wildman–Crippen LogP) is 0.232. The molecule has 1 aliphatic heterocycles. The highest BCUT2D eigenvalue weighted by Crippen LogP contribution is 2.15. The number of rotatable bonds is 5. The van der Waals surface area contributed by atoms with Gasteiger partial charge in [-0.15, -0.1) is 0 Å². The van der Waals surface area contributed by atoms with E-state index in [-0.39, 0.29) is 12.5 Å². The average Bonchev–Trinajstić information content (AvgIpc) is 2.93. The standard InChI is InChI=1S/C13H22N4O2/c1-10-3-6-17(7-4-10)9-11(18)8-14-13(19)12-2-5-15-16-12/h2,5,10-11,18H,3-4,6-9H2,1H3,(H,14,19)(H,15,16). The Kier molecular flexibility index (Phi) is 4.93. The van der Waals surface area contributed by atoms with Crippen LogP contribution in [0.1, 0.15) is 30.3 Å². The summed E-state index contributed by atoms with van der Waals surface area (Å²) in [4.78, 5) is 13.9. The van der Waals surface area contributed by atoms with Gasteiger partial charge in [-0.1, -0.05) is 6.92 Å². The number of hydrogen-bond donors (Lipinski definition) is 3. The van der Waals surface area contributed by atoms with Gasteiger partial charge in [-0.3, -0.25) is 9.89 Å². The molecule has 0 aliphatic carbocycles. The molecule has 0 bridgehead atoms. The Balaban J connectivity index is 1.67. The van der Waals surface area contributed by atoms with Crippen LogP contribution in [-0.2, 0) is 0 Å². The summed E-state index contributed by atoms with van der Waals surface area (Å²) in [6, 6.07) is 1.60. The first kappa shape index (κ1) is 14.0. The van der Waals surface area contributed by atoms with Crippen LogP contribution in [0.4, 0.5) is 0 Å². The number of nitrogens with one attached hydrogen (secondary N) is 2. The summed E-state index contributed by atoms with van der Waals surface area (Å²) in [5.74, 6) is 0.553. The predicted molar refractivity (Wildman–Crippen MR) is 71.8 cm³/mol. The Hall–Kier alpha value is -1.40. The van der Waals surface area contributed by atoms with Gasteiger partial charge in [0.15, 0.2) is 0 Å². The number of aromatic amines is 1. The Bertz CT molecular complexity index is 385. The molecule has 2 heterocycles. The third-order valence-electron chi connectivity index (χ3n) is 3.59. The molecule has 1 aliphatic rings. The number of piperidine rings is 1. The number of likely N-dealkylation sites (tertiary alicyclic amines) is 1. The topological polar surface area (TPSA) is 81.2 Å². The molecule has 1 amide bonds. The molecule has 0 aromatic carbocycles. The van der Waals surface area contributed by atoms with Gasteiger partial charge in [-0.2, -0.15) is 5.10 Å². The summed E-state index contributed by atoms with van der Waals surface area (Å²) in [5, 5.41) is 18.9. The average molecular weight is 266 g/mol. The molecule has 1 aromatic rings. The van der Waals surface area contributed by atoms with Gasteiger partial charge in [-0.25, -0.2) is 0 Å². The first-order chi connectivity index (χ1) is 9.15. The van der Waals surface area contributed by atoms with Crippen LogP contribution >= 0.6 is 0 Å². The van der Waals surface area contributed by atoms with E-state index in [0.29, 0.717) is 12.2 Å². The number of hydrogen-bond acceptors (Lipinski definition) is 4. The normalized spacial score (nSPS) is 19.3. The van der Waals surface area contributed by atoms with Crippen molar-refractivity contribution in [3.63, 3.8) is 0 Å². The number of carbonyl (C=O) groups excluding carboxylic acids is 1. The zero-order valence-corrected chi connectivity index (χ0v) is 11.3. The molecule has 19 heavy (non-hydrogen) atoms. The summed E-state index contributed by atoms with van der Waals surface area (Å²) < 4.78 is 0. The molecule has 1 aromatic heterocycles. The molecule has 2 rings (SSSR count). The minimum Gasteiger partial charge on any atom is -0.390 e. The van der Waals surface area contributed by atoms with Gasteiger partial charge in [0, 0.05) is 19.3 Å². The molecule has 0 radical (unpaired) electrons. The van der Waals surface area contributed by atoms with Gasteiger partial charge in [-0.05, 0) is 37.9 Å². The molecule has 6 nitrogen and oxygen atoms in total. The summed E-state index contributed by atoms with van der Waals surface area (Å²) in [6.45, 7) is 5.22. The number of aliphatic hydroxyl groups is 1. The highest BCUT2D eigenvalue weighted by atomic mass is 16.3. The van der Waals surface area contributed by atoms with Crippen molar-refractivity contribution in [3.8, 4) is 0 Å². The van der Waals surface area contributed by atoms with Crippen LogP contribution in [0.5, 0.6) is 0 Å². The largest absolute Gasteiger partial charge is 0.390 e. The van der Waals surface area contributed by atoms with Gasteiger partial charge >= 0.3 is 0 Å². The van der Waals surface area contributed by atoms with Crippen molar-refractivity contribution in [1.82, 2.24) is 20.4 Å². The maximum Gasteiger partial charge on any atom is 0.269 e. The molecule has 0 spiro atoms. The van der Waals surface area contributed by atoms with Crippen molar-refractivity contribution in [2.45, 2.75) is 25.9 Å². The third kappa shape index (κ3) is 4.33. The Labute approximate surface area is 113 Å². The van der Waals surface area contributed by atoms with Crippen LogP contribution in [0.3, 0.4) is 0 Å². The summed E-state index contributed by atoms with van der Waals surface area (Å²) in [5.41, 5.74) is 0.416. The fraction of sp³-hybridized carbons (Fsp3) is 0.692. The fourth-order valence-electron chi connectivity index (χ4n) is 2.30. The van der Waals surface area contributed by atoms with Gasteiger partial charge in [0.05, 0.1) is 6.10 Å². The molecule has 1 unspecified atom stereocenters. The van der Waals surface area contributed by atoms with Crippen molar-refractivity contribution in [1.29, 1.82) is 0 Å². The molecule has 1 saturated heterocycles. The SMILES string of the molecule is CC1CCN(CC(O)CNC(=O)c2ccn[nH]2)CC1. The van der Waals surface area contributed by atoms with E-state index in [2.05, 4.69) is 27.3 Å². The second-order valence-corrected chi connectivity index (χ2v) is 5.32. The number of carbonyl (C=O) groups is 1. The molecule has 0 saturated carbocycles. The Morgan fingerprint density at radius 3 is 3.00 bits per heavy atom. The molecular weight excluding hydrogens is 244 g/mol. The van der Waals surface area contributed by atoms with Gasteiger partial charge in [0.1, 0.15) is 5.69 Å². The van der Waals surface area contributed by atoms with E-state index >= 15 is 0 Å². The molecule has 1 fully saturated rings. The smallest absolute Gasteiger partial charge is 0.269 e. The lowest BCUT2D eigenvalue weighted by Gasteiger charge is -2.31. The number of β-amino-alcohol motifs (C(OH)–C–C–N with tert-alkyl or cyclic N) is 1. The first-order valence-corrected chi connectivity index (χ1v) is 6.83. The lowest BCUT2D eigenvalue weighted by molar-refractivity contribution is 0.0792. The van der Waals surface area contributed by atoms with Crippen molar-refractivity contribution < 1.29 is 9.90 Å². The van der Waals surface area contributed by atoms with E-state index < -0.39 is 6.10 Å². The van der Waals surface area contributed by atoms with Crippen molar-refractivity contribution in [3.05, 3.63) is 18.0 Å². The lowest BCUT2D eigenvalue weighted by atomic mass is 9.99. The maximum absolute atomic E-state index is 11.6. The number of H-pyrrole nitrogens is 1. The van der Waals surface area contributed by atoms with Crippen molar-refractivity contribution in [2.75, 3.05) is 26.2 Å². The van der Waals surface area contributed by atoms with Crippen LogP contribution in [0, 0.1) is 5.92 Å². The van der Waals surface area contributed by atoms with Crippen LogP contribution in [0.2, 0.25) is 0 Å². The second kappa shape index (κ2) is 6.68. The van der Waals surface area contributed by atoms with E-state index in [9.17, 15) is 9.90 Å². The summed E-state index contributed by atoms with van der Waals surface area (Å²) in [7, 11) is 0. The van der Waals surface area contributed by atoms with Gasteiger partial charge in [0.25, 0.3) is 5.91 Å². The molecular formula is C13H22N4O2. The van der Waals surface area contributed by atoms with Crippen LogP contribution in [0.25, 0.3) is 0 Å². The quantitative estimate of drug-likeness (QED) is 0.713. The lowest BCUT2D eigenvalue weighted by Crippen LogP contribution is -2.43. The van der Waals surface area contributed by atoms with E-state index in [1.54, 1.807) is 6.07 Å². The Morgan fingerprint density at radius 2 is 2.37 bits per heavy atom. The van der Waals surface area contributed by atoms with Gasteiger partial charge < -0.3 is 15.3 Å². The molecule has 1 atom stereocenters. The molecule has 6 heteroatoms. The van der Waals surface area contributed by atoms with E-state index in [1.807, 2.05) is 0 Å². The number of aliphatic hydroxyl groups excluding tert-OH is 1. The van der Waals surface area contributed by atoms with E-state index in [1.165, 1.54) is 19.0 Å². The maximum atomic E-state index is 11.6.